The molecular formula is C14H20N2O2. The van der Waals surface area contributed by atoms with Crippen LogP contribution in [0, 0.1) is 5.92 Å². The fourth-order valence-corrected chi connectivity index (χ4v) is 1.91. The summed E-state index contributed by atoms with van der Waals surface area (Å²) in [4.78, 5) is 23.2. The zero-order valence-corrected chi connectivity index (χ0v) is 10.7. The number of carbonyl (C=O) groups is 2. The predicted octanol–water partition coefficient (Wildman–Crippen LogP) is 1.42. The monoisotopic (exact) mass is 248 g/mol. The van der Waals surface area contributed by atoms with Crippen LogP contribution in [0.4, 0.5) is 0 Å². The topological polar surface area (TPSA) is 63.4 Å². The molecule has 2 amide bonds. The maximum atomic E-state index is 11.1. The Bertz CT molecular complexity index is 352. The van der Waals surface area contributed by atoms with Gasteiger partial charge in [0, 0.05) is 13.1 Å². The lowest BCUT2D eigenvalue weighted by atomic mass is 10.0. The number of benzene rings is 1. The molecule has 4 nitrogen and oxygen atoms in total. The molecular weight excluding hydrogens is 228 g/mol. The van der Waals surface area contributed by atoms with Crippen LogP contribution in [-0.2, 0) is 9.59 Å². The molecule has 1 atom stereocenters. The second-order valence-electron chi connectivity index (χ2n) is 4.52. The molecule has 1 fully saturated rings. The van der Waals surface area contributed by atoms with Gasteiger partial charge < -0.3 is 10.6 Å². The SMILES string of the molecule is CC1CCCN(C(=O)C(N)=O)C1.c1ccccc1. The number of amides is 2. The molecule has 1 saturated heterocycles. The first-order valence-corrected chi connectivity index (χ1v) is 6.20. The molecule has 0 aliphatic carbocycles. The number of primary amides is 1. The maximum Gasteiger partial charge on any atom is 0.311 e. The number of likely N-dealkylation sites (tertiary alicyclic amines) is 1. The molecule has 0 radical (unpaired) electrons. The summed E-state index contributed by atoms with van der Waals surface area (Å²) in [7, 11) is 0. The Morgan fingerprint density at radius 3 is 2.00 bits per heavy atom. The number of nitrogens with two attached hydrogens (primary N) is 1. The van der Waals surface area contributed by atoms with E-state index in [1.807, 2.05) is 36.4 Å². The molecule has 2 rings (SSSR count). The van der Waals surface area contributed by atoms with Crippen LogP contribution in [0.3, 0.4) is 0 Å². The maximum absolute atomic E-state index is 11.1. The van der Waals surface area contributed by atoms with Crippen LogP contribution in [0.2, 0.25) is 0 Å². The fraction of sp³-hybridized carbons (Fsp3) is 0.429. The van der Waals surface area contributed by atoms with E-state index in [1.54, 1.807) is 0 Å². The molecule has 0 bridgehead atoms. The van der Waals surface area contributed by atoms with Gasteiger partial charge in [0.25, 0.3) is 0 Å². The first kappa shape index (κ1) is 14.2. The highest BCUT2D eigenvalue weighted by Crippen LogP contribution is 2.14. The van der Waals surface area contributed by atoms with E-state index in [-0.39, 0.29) is 0 Å². The summed E-state index contributed by atoms with van der Waals surface area (Å²) in [5.41, 5.74) is 4.88. The second-order valence-corrected chi connectivity index (χ2v) is 4.52. The molecule has 18 heavy (non-hydrogen) atoms. The highest BCUT2D eigenvalue weighted by molar-refractivity contribution is 6.34. The Morgan fingerprint density at radius 1 is 1.11 bits per heavy atom. The van der Waals surface area contributed by atoms with Gasteiger partial charge in [-0.25, -0.2) is 0 Å². The van der Waals surface area contributed by atoms with Gasteiger partial charge in [0.15, 0.2) is 0 Å². The highest BCUT2D eigenvalue weighted by Gasteiger charge is 2.23. The first-order chi connectivity index (χ1) is 8.61. The van der Waals surface area contributed by atoms with E-state index in [0.29, 0.717) is 19.0 Å². The summed E-state index contributed by atoms with van der Waals surface area (Å²) in [6, 6.07) is 12.0. The van der Waals surface area contributed by atoms with Crippen LogP contribution in [0.15, 0.2) is 36.4 Å². The largest absolute Gasteiger partial charge is 0.361 e. The van der Waals surface area contributed by atoms with Gasteiger partial charge in [-0.05, 0) is 18.8 Å². The number of carbonyl (C=O) groups excluding carboxylic acids is 2. The van der Waals surface area contributed by atoms with Crippen molar-refractivity contribution in [3.63, 3.8) is 0 Å². The lowest BCUT2D eigenvalue weighted by Crippen LogP contribution is -2.45. The van der Waals surface area contributed by atoms with Gasteiger partial charge in [-0.15, -0.1) is 0 Å². The van der Waals surface area contributed by atoms with E-state index in [0.717, 1.165) is 12.8 Å². The standard InChI is InChI=1S/C8H14N2O2.C6H6/c1-6-3-2-4-10(5-6)8(12)7(9)11;1-2-4-6-5-3-1/h6H,2-5H2,1H3,(H2,9,11);1-6H. The summed E-state index contributed by atoms with van der Waals surface area (Å²) in [5.74, 6) is -0.896. The van der Waals surface area contributed by atoms with Gasteiger partial charge in [0.05, 0.1) is 0 Å². The van der Waals surface area contributed by atoms with Crippen LogP contribution in [0.1, 0.15) is 19.8 Å². The molecule has 0 saturated carbocycles. The Labute approximate surface area is 108 Å². The van der Waals surface area contributed by atoms with Crippen molar-refractivity contribution < 1.29 is 9.59 Å². The highest BCUT2D eigenvalue weighted by atomic mass is 16.2. The number of hydrogen-bond acceptors (Lipinski definition) is 2. The van der Waals surface area contributed by atoms with E-state index in [2.05, 4.69) is 6.92 Å². The molecule has 2 N–H and O–H groups in total. The summed E-state index contributed by atoms with van der Waals surface area (Å²) < 4.78 is 0. The summed E-state index contributed by atoms with van der Waals surface area (Å²) >= 11 is 0. The molecule has 1 heterocycles. The molecule has 1 aromatic carbocycles. The van der Waals surface area contributed by atoms with Gasteiger partial charge in [-0.1, -0.05) is 43.3 Å². The number of nitrogens with zero attached hydrogens (tertiary/aromatic N) is 1. The molecule has 98 valence electrons. The van der Waals surface area contributed by atoms with Gasteiger partial charge in [0.2, 0.25) is 0 Å². The van der Waals surface area contributed by atoms with Gasteiger partial charge >= 0.3 is 11.8 Å². The second kappa shape index (κ2) is 7.48. The molecule has 1 aliphatic heterocycles. The van der Waals surface area contributed by atoms with Crippen molar-refractivity contribution in [2.24, 2.45) is 11.7 Å². The van der Waals surface area contributed by atoms with Crippen LogP contribution < -0.4 is 5.73 Å². The van der Waals surface area contributed by atoms with Crippen molar-refractivity contribution in [1.29, 1.82) is 0 Å². The van der Waals surface area contributed by atoms with Crippen molar-refractivity contribution in [2.45, 2.75) is 19.8 Å². The van der Waals surface area contributed by atoms with Crippen molar-refractivity contribution >= 4 is 11.8 Å². The van der Waals surface area contributed by atoms with Crippen LogP contribution >= 0.6 is 0 Å². The molecule has 1 aliphatic rings. The average Bonchev–Trinajstić information content (AvgIpc) is 2.40. The van der Waals surface area contributed by atoms with E-state index in [4.69, 9.17) is 5.73 Å². The Morgan fingerprint density at radius 2 is 1.61 bits per heavy atom. The third kappa shape index (κ3) is 4.99. The average molecular weight is 248 g/mol. The van der Waals surface area contributed by atoms with Crippen molar-refractivity contribution in [1.82, 2.24) is 4.90 Å². The molecule has 4 heteroatoms. The predicted molar refractivity (Wildman–Crippen MR) is 70.6 cm³/mol. The number of rotatable bonds is 0. The molecule has 0 aromatic heterocycles. The van der Waals surface area contributed by atoms with Crippen LogP contribution in [0.25, 0.3) is 0 Å². The number of piperidine rings is 1. The normalized spacial score (nSPS) is 18.5. The zero-order valence-electron chi connectivity index (χ0n) is 10.7. The Balaban J connectivity index is 0.000000225. The summed E-state index contributed by atoms with van der Waals surface area (Å²) in [5, 5.41) is 0. The molecule has 1 aromatic rings. The smallest absolute Gasteiger partial charge is 0.311 e. The minimum atomic E-state index is -0.843. The minimum absolute atomic E-state index is 0.488. The summed E-state index contributed by atoms with van der Waals surface area (Å²) in [6.45, 7) is 3.41. The van der Waals surface area contributed by atoms with E-state index in [1.165, 1.54) is 4.90 Å². The lowest BCUT2D eigenvalue weighted by molar-refractivity contribution is -0.145. The van der Waals surface area contributed by atoms with Crippen LogP contribution in [-0.4, -0.2) is 29.8 Å². The Kier molecular flexibility index (Phi) is 5.91. The third-order valence-corrected chi connectivity index (χ3v) is 2.82. The van der Waals surface area contributed by atoms with E-state index >= 15 is 0 Å². The summed E-state index contributed by atoms with van der Waals surface area (Å²) in [6.07, 6.45) is 2.10. The first-order valence-electron chi connectivity index (χ1n) is 6.20. The van der Waals surface area contributed by atoms with Crippen molar-refractivity contribution in [3.05, 3.63) is 36.4 Å². The van der Waals surface area contributed by atoms with Gasteiger partial charge in [-0.3, -0.25) is 9.59 Å². The Hall–Kier alpha value is -1.84. The van der Waals surface area contributed by atoms with Gasteiger partial charge in [-0.2, -0.15) is 0 Å². The van der Waals surface area contributed by atoms with Crippen molar-refractivity contribution in [3.8, 4) is 0 Å². The number of hydrogen-bond donors (Lipinski definition) is 1. The third-order valence-electron chi connectivity index (χ3n) is 2.82. The van der Waals surface area contributed by atoms with Crippen molar-refractivity contribution in [2.75, 3.05) is 13.1 Å². The fourth-order valence-electron chi connectivity index (χ4n) is 1.91. The molecule has 1 unspecified atom stereocenters. The lowest BCUT2D eigenvalue weighted by Gasteiger charge is -2.29. The van der Waals surface area contributed by atoms with Gasteiger partial charge in [0.1, 0.15) is 0 Å². The van der Waals surface area contributed by atoms with Crippen LogP contribution in [0.5, 0.6) is 0 Å². The van der Waals surface area contributed by atoms with E-state index < -0.39 is 11.8 Å². The van der Waals surface area contributed by atoms with E-state index in [9.17, 15) is 9.59 Å². The molecule has 0 spiro atoms. The zero-order chi connectivity index (χ0) is 13.4. The minimum Gasteiger partial charge on any atom is -0.361 e. The quantitative estimate of drug-likeness (QED) is 0.706.